The number of hydrogen-bond acceptors (Lipinski definition) is 5. The number of hydrogen-bond donors (Lipinski definition) is 3. The lowest BCUT2D eigenvalue weighted by atomic mass is 10.1. The van der Waals surface area contributed by atoms with E-state index in [1.54, 1.807) is 14.2 Å². The third-order valence-corrected chi connectivity index (χ3v) is 2.74. The first-order chi connectivity index (χ1) is 8.74. The Morgan fingerprint density at radius 1 is 1.17 bits per heavy atom. The minimum Gasteiger partial charge on any atom is -0.493 e. The van der Waals surface area contributed by atoms with E-state index in [-0.39, 0.29) is 19.3 Å². The van der Waals surface area contributed by atoms with Gasteiger partial charge in [0.2, 0.25) is 0 Å². The molecule has 1 aromatic rings. The van der Waals surface area contributed by atoms with Crippen LogP contribution in [0.25, 0.3) is 0 Å². The highest BCUT2D eigenvalue weighted by molar-refractivity contribution is 5.42. The van der Waals surface area contributed by atoms with Crippen LogP contribution in [0.5, 0.6) is 11.5 Å². The molecule has 1 atom stereocenters. The number of aliphatic hydroxyl groups excluding tert-OH is 2. The second-order valence-corrected chi connectivity index (χ2v) is 3.96. The minimum absolute atomic E-state index is 0.00779. The lowest BCUT2D eigenvalue weighted by Gasteiger charge is -2.15. The maximum Gasteiger partial charge on any atom is 0.161 e. The molecule has 1 unspecified atom stereocenters. The summed E-state index contributed by atoms with van der Waals surface area (Å²) in [7, 11) is 3.19. The van der Waals surface area contributed by atoms with Crippen molar-refractivity contribution in [2.75, 3.05) is 27.4 Å². The smallest absolute Gasteiger partial charge is 0.161 e. The summed E-state index contributed by atoms with van der Waals surface area (Å²) >= 11 is 0. The lowest BCUT2D eigenvalue weighted by molar-refractivity contribution is 0.200. The highest BCUT2D eigenvalue weighted by atomic mass is 16.5. The molecule has 3 N–H and O–H groups in total. The van der Waals surface area contributed by atoms with Gasteiger partial charge in [-0.15, -0.1) is 0 Å². The van der Waals surface area contributed by atoms with E-state index < -0.39 is 0 Å². The summed E-state index contributed by atoms with van der Waals surface area (Å²) in [5.74, 6) is 1.37. The van der Waals surface area contributed by atoms with Gasteiger partial charge in [0.25, 0.3) is 0 Å². The molecule has 5 nitrogen and oxygen atoms in total. The molecule has 0 amide bonds. The standard InChI is InChI=1S/C13H21NO4/c1-17-12-4-3-10(7-13(12)18-2)8-14-11(9-16)5-6-15/h3-4,7,11,14-16H,5-6,8-9H2,1-2H3. The molecule has 102 valence electrons. The van der Waals surface area contributed by atoms with Crippen molar-refractivity contribution in [3.63, 3.8) is 0 Å². The molecule has 18 heavy (non-hydrogen) atoms. The normalized spacial score (nSPS) is 12.2. The fourth-order valence-corrected chi connectivity index (χ4v) is 1.67. The van der Waals surface area contributed by atoms with Crippen LogP contribution in [-0.4, -0.2) is 43.7 Å². The monoisotopic (exact) mass is 255 g/mol. The molecule has 0 aliphatic rings. The molecule has 5 heteroatoms. The quantitative estimate of drug-likeness (QED) is 0.632. The largest absolute Gasteiger partial charge is 0.493 e. The third kappa shape index (κ3) is 4.18. The van der Waals surface area contributed by atoms with E-state index in [0.29, 0.717) is 24.5 Å². The Kier molecular flexibility index (Phi) is 6.49. The molecule has 1 aromatic carbocycles. The average molecular weight is 255 g/mol. The molecule has 0 aliphatic carbocycles. The predicted octanol–water partition coefficient (Wildman–Crippen LogP) is 0.537. The predicted molar refractivity (Wildman–Crippen MR) is 69.0 cm³/mol. The fraction of sp³-hybridized carbons (Fsp3) is 0.538. The van der Waals surface area contributed by atoms with Crippen molar-refractivity contribution in [1.82, 2.24) is 5.32 Å². The van der Waals surface area contributed by atoms with Gasteiger partial charge in [-0.25, -0.2) is 0 Å². The number of nitrogens with one attached hydrogen (secondary N) is 1. The van der Waals surface area contributed by atoms with Gasteiger partial charge >= 0.3 is 0 Å². The van der Waals surface area contributed by atoms with E-state index in [1.165, 1.54) is 0 Å². The van der Waals surface area contributed by atoms with Crippen LogP contribution in [0.15, 0.2) is 18.2 Å². The second-order valence-electron chi connectivity index (χ2n) is 3.96. The SMILES string of the molecule is COc1ccc(CNC(CO)CCO)cc1OC. The number of aliphatic hydroxyl groups is 2. The van der Waals surface area contributed by atoms with Gasteiger partial charge in [0.15, 0.2) is 11.5 Å². The van der Waals surface area contributed by atoms with Crippen LogP contribution < -0.4 is 14.8 Å². The van der Waals surface area contributed by atoms with Crippen molar-refractivity contribution in [2.24, 2.45) is 0 Å². The summed E-state index contributed by atoms with van der Waals surface area (Å²) in [4.78, 5) is 0. The topological polar surface area (TPSA) is 71.0 Å². The van der Waals surface area contributed by atoms with E-state index in [1.807, 2.05) is 18.2 Å². The second kappa shape index (κ2) is 7.92. The van der Waals surface area contributed by atoms with Crippen molar-refractivity contribution in [1.29, 1.82) is 0 Å². The van der Waals surface area contributed by atoms with Crippen molar-refractivity contribution >= 4 is 0 Å². The first-order valence-corrected chi connectivity index (χ1v) is 5.91. The lowest BCUT2D eigenvalue weighted by Crippen LogP contribution is -2.32. The summed E-state index contributed by atoms with van der Waals surface area (Å²) in [6.07, 6.45) is 0.532. The summed E-state index contributed by atoms with van der Waals surface area (Å²) < 4.78 is 10.4. The molecule has 0 aromatic heterocycles. The number of rotatable bonds is 8. The Labute approximate surface area is 107 Å². The van der Waals surface area contributed by atoms with Gasteiger partial charge in [0, 0.05) is 19.2 Å². The van der Waals surface area contributed by atoms with E-state index >= 15 is 0 Å². The fourth-order valence-electron chi connectivity index (χ4n) is 1.67. The van der Waals surface area contributed by atoms with Gasteiger partial charge in [0.05, 0.1) is 20.8 Å². The maximum atomic E-state index is 9.10. The van der Waals surface area contributed by atoms with E-state index in [9.17, 15) is 0 Å². The Morgan fingerprint density at radius 2 is 1.89 bits per heavy atom. The zero-order valence-corrected chi connectivity index (χ0v) is 10.8. The molecule has 0 saturated carbocycles. The molecule has 0 fully saturated rings. The van der Waals surface area contributed by atoms with E-state index in [0.717, 1.165) is 5.56 Å². The number of ether oxygens (including phenoxy) is 2. The zero-order chi connectivity index (χ0) is 13.4. The van der Waals surface area contributed by atoms with Gasteiger partial charge < -0.3 is 25.0 Å². The van der Waals surface area contributed by atoms with Crippen LogP contribution in [0.4, 0.5) is 0 Å². The highest BCUT2D eigenvalue weighted by Gasteiger charge is 2.08. The number of methoxy groups -OCH3 is 2. The van der Waals surface area contributed by atoms with Crippen LogP contribution in [0.3, 0.4) is 0 Å². The Balaban J connectivity index is 2.61. The molecule has 0 bridgehead atoms. The average Bonchev–Trinajstić information content (AvgIpc) is 2.42. The Hall–Kier alpha value is -1.30. The van der Waals surface area contributed by atoms with Gasteiger partial charge in [-0.2, -0.15) is 0 Å². The molecule has 0 aliphatic heterocycles. The third-order valence-electron chi connectivity index (χ3n) is 2.74. The molecule has 0 heterocycles. The van der Waals surface area contributed by atoms with Crippen LogP contribution in [-0.2, 0) is 6.54 Å². The highest BCUT2D eigenvalue weighted by Crippen LogP contribution is 2.27. The van der Waals surface area contributed by atoms with Crippen molar-refractivity contribution in [3.05, 3.63) is 23.8 Å². The Bertz CT molecular complexity index is 357. The molecule has 0 saturated heterocycles. The summed E-state index contributed by atoms with van der Waals surface area (Å²) in [5.41, 5.74) is 1.03. The van der Waals surface area contributed by atoms with Crippen LogP contribution in [0.1, 0.15) is 12.0 Å². The van der Waals surface area contributed by atoms with Gasteiger partial charge in [-0.05, 0) is 24.1 Å². The van der Waals surface area contributed by atoms with E-state index in [4.69, 9.17) is 19.7 Å². The van der Waals surface area contributed by atoms with Crippen LogP contribution >= 0.6 is 0 Å². The molecular weight excluding hydrogens is 234 g/mol. The first kappa shape index (κ1) is 14.8. The minimum atomic E-state index is -0.0944. The molecule has 1 rings (SSSR count). The summed E-state index contributed by atoms with van der Waals surface area (Å²) in [6, 6.07) is 5.57. The van der Waals surface area contributed by atoms with Crippen LogP contribution in [0, 0.1) is 0 Å². The molecular formula is C13H21NO4. The number of benzene rings is 1. The molecule has 0 spiro atoms. The van der Waals surface area contributed by atoms with Crippen molar-refractivity contribution in [2.45, 2.75) is 19.0 Å². The summed E-state index contributed by atoms with van der Waals surface area (Å²) in [6.45, 7) is 0.670. The van der Waals surface area contributed by atoms with Gasteiger partial charge in [-0.1, -0.05) is 6.07 Å². The van der Waals surface area contributed by atoms with Crippen molar-refractivity contribution in [3.8, 4) is 11.5 Å². The zero-order valence-electron chi connectivity index (χ0n) is 10.8. The van der Waals surface area contributed by atoms with E-state index in [2.05, 4.69) is 5.32 Å². The maximum absolute atomic E-state index is 9.10. The first-order valence-electron chi connectivity index (χ1n) is 5.91. The molecule has 0 radical (unpaired) electrons. The Morgan fingerprint density at radius 3 is 2.44 bits per heavy atom. The van der Waals surface area contributed by atoms with Gasteiger partial charge in [-0.3, -0.25) is 0 Å². The summed E-state index contributed by atoms with van der Waals surface area (Å²) in [5, 5.41) is 21.1. The van der Waals surface area contributed by atoms with Crippen molar-refractivity contribution < 1.29 is 19.7 Å². The van der Waals surface area contributed by atoms with Crippen LogP contribution in [0.2, 0.25) is 0 Å². The van der Waals surface area contributed by atoms with Gasteiger partial charge in [0.1, 0.15) is 0 Å².